The summed E-state index contributed by atoms with van der Waals surface area (Å²) in [5.41, 5.74) is 1.05. The summed E-state index contributed by atoms with van der Waals surface area (Å²) in [6, 6.07) is 11.7. The average Bonchev–Trinajstić information content (AvgIpc) is 2.99. The summed E-state index contributed by atoms with van der Waals surface area (Å²) in [7, 11) is 0. The maximum absolute atomic E-state index is 11.9. The van der Waals surface area contributed by atoms with Gasteiger partial charge >= 0.3 is 0 Å². The Balaban J connectivity index is 1.91. The van der Waals surface area contributed by atoms with Crippen molar-refractivity contribution in [3.05, 3.63) is 58.3 Å². The molecule has 110 valence electrons. The van der Waals surface area contributed by atoms with Crippen molar-refractivity contribution in [3.8, 4) is 5.75 Å². The van der Waals surface area contributed by atoms with Gasteiger partial charge in [0.25, 0.3) is 0 Å². The van der Waals surface area contributed by atoms with Gasteiger partial charge in [0, 0.05) is 11.0 Å². The third kappa shape index (κ3) is 4.76. The summed E-state index contributed by atoms with van der Waals surface area (Å²) in [5, 5.41) is 4.93. The number of nitrogens with one attached hydrogen (secondary N) is 1. The predicted octanol–water partition coefficient (Wildman–Crippen LogP) is 4.04. The molecule has 0 aliphatic rings. The van der Waals surface area contributed by atoms with E-state index in [0.29, 0.717) is 6.61 Å². The number of carbonyl (C=O) groups is 1. The first-order valence-corrected chi connectivity index (χ1v) is 7.82. The van der Waals surface area contributed by atoms with E-state index in [1.807, 2.05) is 61.7 Å². The van der Waals surface area contributed by atoms with Crippen LogP contribution >= 0.6 is 11.3 Å². The standard InChI is InChI=1S/C17H19NO2S/c1-3-20-15-8-6-14(7-9-15)13(2)18-17(19)11-10-16-5-4-12-21-16/h4-13H,3H2,1-2H3,(H,18,19)/b11-10+. The zero-order chi connectivity index (χ0) is 15.1. The largest absolute Gasteiger partial charge is 0.494 e. The fourth-order valence-electron chi connectivity index (χ4n) is 1.91. The quantitative estimate of drug-likeness (QED) is 0.818. The van der Waals surface area contributed by atoms with Crippen LogP contribution in [0.25, 0.3) is 6.08 Å². The Bertz CT molecular complexity index is 588. The number of hydrogen-bond donors (Lipinski definition) is 1. The molecule has 3 nitrogen and oxygen atoms in total. The number of ether oxygens (including phenoxy) is 1. The number of thiophene rings is 1. The third-order valence-electron chi connectivity index (χ3n) is 2.99. The van der Waals surface area contributed by atoms with Crippen molar-refractivity contribution in [2.75, 3.05) is 6.61 Å². The van der Waals surface area contributed by atoms with Crippen LogP contribution in [0.1, 0.15) is 30.3 Å². The van der Waals surface area contributed by atoms with Gasteiger partial charge in [-0.15, -0.1) is 11.3 Å². The second-order valence-corrected chi connectivity index (χ2v) is 5.56. The summed E-state index contributed by atoms with van der Waals surface area (Å²) in [6.07, 6.45) is 3.39. The Kier molecular flexibility index (Phi) is 5.58. The van der Waals surface area contributed by atoms with E-state index in [0.717, 1.165) is 16.2 Å². The second-order valence-electron chi connectivity index (χ2n) is 4.58. The van der Waals surface area contributed by atoms with Crippen LogP contribution in [0, 0.1) is 0 Å². The summed E-state index contributed by atoms with van der Waals surface area (Å²) in [6.45, 7) is 4.57. The van der Waals surface area contributed by atoms with E-state index in [1.54, 1.807) is 17.4 Å². The normalized spacial score (nSPS) is 12.3. The monoisotopic (exact) mass is 301 g/mol. The molecule has 1 amide bonds. The highest BCUT2D eigenvalue weighted by atomic mass is 32.1. The smallest absolute Gasteiger partial charge is 0.244 e. The van der Waals surface area contributed by atoms with Gasteiger partial charge in [-0.25, -0.2) is 0 Å². The summed E-state index contributed by atoms with van der Waals surface area (Å²) in [5.74, 6) is 0.752. The zero-order valence-electron chi connectivity index (χ0n) is 12.2. The van der Waals surface area contributed by atoms with E-state index >= 15 is 0 Å². The number of amides is 1. The Hall–Kier alpha value is -2.07. The van der Waals surface area contributed by atoms with Crippen LogP contribution < -0.4 is 10.1 Å². The Morgan fingerprint density at radius 1 is 1.33 bits per heavy atom. The maximum atomic E-state index is 11.9. The molecule has 0 radical (unpaired) electrons. The lowest BCUT2D eigenvalue weighted by atomic mass is 10.1. The van der Waals surface area contributed by atoms with Crippen LogP contribution in [0.5, 0.6) is 5.75 Å². The highest BCUT2D eigenvalue weighted by Crippen LogP contribution is 2.17. The molecule has 21 heavy (non-hydrogen) atoms. The minimum Gasteiger partial charge on any atom is -0.494 e. The van der Waals surface area contributed by atoms with Crippen LogP contribution in [0.2, 0.25) is 0 Å². The Morgan fingerprint density at radius 2 is 2.10 bits per heavy atom. The molecule has 0 aliphatic heterocycles. The lowest BCUT2D eigenvalue weighted by Gasteiger charge is -2.13. The number of carbonyl (C=O) groups excluding carboxylic acids is 1. The molecule has 1 aromatic carbocycles. The lowest BCUT2D eigenvalue weighted by Crippen LogP contribution is -2.24. The van der Waals surface area contributed by atoms with Crippen molar-refractivity contribution >= 4 is 23.3 Å². The summed E-state index contributed by atoms with van der Waals surface area (Å²) < 4.78 is 5.40. The van der Waals surface area contributed by atoms with Crippen molar-refractivity contribution in [1.29, 1.82) is 0 Å². The molecule has 0 saturated heterocycles. The van der Waals surface area contributed by atoms with E-state index in [-0.39, 0.29) is 11.9 Å². The fraction of sp³-hybridized carbons (Fsp3) is 0.235. The van der Waals surface area contributed by atoms with Crippen LogP contribution in [-0.4, -0.2) is 12.5 Å². The van der Waals surface area contributed by atoms with Crippen molar-refractivity contribution < 1.29 is 9.53 Å². The number of rotatable bonds is 6. The molecule has 4 heteroatoms. The minimum absolute atomic E-state index is 0.0406. The molecule has 0 bridgehead atoms. The molecule has 2 rings (SSSR count). The number of benzene rings is 1. The lowest BCUT2D eigenvalue weighted by molar-refractivity contribution is -0.117. The second kappa shape index (κ2) is 7.64. The molecule has 1 aromatic heterocycles. The van der Waals surface area contributed by atoms with E-state index < -0.39 is 0 Å². The van der Waals surface area contributed by atoms with Crippen molar-refractivity contribution in [1.82, 2.24) is 5.32 Å². The van der Waals surface area contributed by atoms with Crippen LogP contribution in [0.15, 0.2) is 47.9 Å². The van der Waals surface area contributed by atoms with Gasteiger partial charge in [-0.05, 0) is 49.1 Å². The third-order valence-corrected chi connectivity index (χ3v) is 3.83. The van der Waals surface area contributed by atoms with Gasteiger partial charge in [0.15, 0.2) is 0 Å². The van der Waals surface area contributed by atoms with Gasteiger partial charge in [0.1, 0.15) is 5.75 Å². The summed E-state index contributed by atoms with van der Waals surface area (Å²) >= 11 is 1.61. The van der Waals surface area contributed by atoms with E-state index in [4.69, 9.17) is 4.74 Å². The zero-order valence-corrected chi connectivity index (χ0v) is 13.0. The van der Waals surface area contributed by atoms with Gasteiger partial charge in [-0.3, -0.25) is 4.79 Å². The van der Waals surface area contributed by atoms with Crippen LogP contribution in [0.3, 0.4) is 0 Å². The molecule has 1 atom stereocenters. The van der Waals surface area contributed by atoms with Gasteiger partial charge in [0.2, 0.25) is 5.91 Å². The van der Waals surface area contributed by atoms with Gasteiger partial charge in [0.05, 0.1) is 12.6 Å². The molecule has 1 unspecified atom stereocenters. The van der Waals surface area contributed by atoms with Gasteiger partial charge in [-0.1, -0.05) is 18.2 Å². The minimum atomic E-state index is -0.0928. The first-order chi connectivity index (χ1) is 10.2. The average molecular weight is 301 g/mol. The van der Waals surface area contributed by atoms with Crippen molar-refractivity contribution in [3.63, 3.8) is 0 Å². The summed E-state index contributed by atoms with van der Waals surface area (Å²) in [4.78, 5) is 12.9. The van der Waals surface area contributed by atoms with Gasteiger partial charge in [-0.2, -0.15) is 0 Å². The Morgan fingerprint density at radius 3 is 2.71 bits per heavy atom. The molecular weight excluding hydrogens is 282 g/mol. The maximum Gasteiger partial charge on any atom is 0.244 e. The number of hydrogen-bond acceptors (Lipinski definition) is 3. The molecular formula is C17H19NO2S. The fourth-order valence-corrected chi connectivity index (χ4v) is 2.53. The Labute approximate surface area is 129 Å². The first-order valence-electron chi connectivity index (χ1n) is 6.94. The molecule has 1 N–H and O–H groups in total. The molecule has 2 aromatic rings. The van der Waals surface area contributed by atoms with Crippen molar-refractivity contribution in [2.45, 2.75) is 19.9 Å². The SMILES string of the molecule is CCOc1ccc(C(C)NC(=O)/C=C/c2cccs2)cc1. The molecule has 0 aliphatic carbocycles. The molecule has 0 spiro atoms. The van der Waals surface area contributed by atoms with Crippen molar-refractivity contribution in [2.24, 2.45) is 0 Å². The topological polar surface area (TPSA) is 38.3 Å². The van der Waals surface area contributed by atoms with E-state index in [1.165, 1.54) is 0 Å². The van der Waals surface area contributed by atoms with Crippen LogP contribution in [-0.2, 0) is 4.79 Å². The molecule has 0 saturated carbocycles. The first kappa shape index (κ1) is 15.3. The van der Waals surface area contributed by atoms with Crippen LogP contribution in [0.4, 0.5) is 0 Å². The molecule has 0 fully saturated rings. The van der Waals surface area contributed by atoms with E-state index in [2.05, 4.69) is 5.32 Å². The molecule has 1 heterocycles. The highest BCUT2D eigenvalue weighted by Gasteiger charge is 2.07. The van der Waals surface area contributed by atoms with E-state index in [9.17, 15) is 4.79 Å². The highest BCUT2D eigenvalue weighted by molar-refractivity contribution is 7.10. The van der Waals surface area contributed by atoms with Gasteiger partial charge < -0.3 is 10.1 Å². The predicted molar refractivity (Wildman–Crippen MR) is 87.5 cm³/mol.